The molecule has 0 N–H and O–H groups in total. The number of esters is 2. The Morgan fingerprint density at radius 2 is 0.885 bits per heavy atom. The number of ether oxygens (including phenoxy) is 2. The van der Waals surface area contributed by atoms with E-state index in [2.05, 4.69) is 33.8 Å². The third-order valence-corrected chi connectivity index (χ3v) is 4.29. The number of carbonyl (C=O) groups is 2. The molecule has 0 aliphatic carbocycles. The molecule has 0 spiro atoms. The van der Waals surface area contributed by atoms with E-state index in [1.54, 1.807) is 0 Å². The maximum absolute atomic E-state index is 11.0. The van der Waals surface area contributed by atoms with Gasteiger partial charge in [0, 0.05) is 12.8 Å². The van der Waals surface area contributed by atoms with Crippen molar-refractivity contribution in [3.63, 3.8) is 0 Å². The molecule has 0 saturated heterocycles. The summed E-state index contributed by atoms with van der Waals surface area (Å²) in [7, 11) is 2.89. The highest BCUT2D eigenvalue weighted by Crippen LogP contribution is 2.08. The van der Waals surface area contributed by atoms with Crippen LogP contribution in [0.4, 0.5) is 0 Å². The van der Waals surface area contributed by atoms with Crippen LogP contribution < -0.4 is 0 Å². The minimum absolute atomic E-state index is 0.100. The highest BCUT2D eigenvalue weighted by Gasteiger charge is 1.99. The van der Waals surface area contributed by atoms with Gasteiger partial charge in [0.1, 0.15) is 0 Å². The summed E-state index contributed by atoms with van der Waals surface area (Å²) in [5.41, 5.74) is 0. The van der Waals surface area contributed by atoms with Crippen molar-refractivity contribution < 1.29 is 19.1 Å². The van der Waals surface area contributed by atoms with Gasteiger partial charge >= 0.3 is 11.9 Å². The lowest BCUT2D eigenvalue weighted by atomic mass is 10.1. The second-order valence-electron chi connectivity index (χ2n) is 6.58. The lowest BCUT2D eigenvalue weighted by Gasteiger charge is -1.99. The number of unbranched alkanes of at least 4 members (excludes halogenated alkanes) is 9. The molecule has 150 valence electrons. The Bertz CT molecular complexity index is 361. The molecule has 4 nitrogen and oxygen atoms in total. The molecule has 0 amide bonds. The molecule has 0 heterocycles. The van der Waals surface area contributed by atoms with Crippen molar-refractivity contribution in [2.45, 2.75) is 89.9 Å². The molecule has 0 atom stereocenters. The molecular weight excluding hydrogens is 328 g/mol. The summed E-state index contributed by atoms with van der Waals surface area (Å²) in [6, 6.07) is 0. The van der Waals surface area contributed by atoms with Crippen LogP contribution >= 0.6 is 0 Å². The first-order chi connectivity index (χ1) is 12.7. The van der Waals surface area contributed by atoms with Gasteiger partial charge in [0.2, 0.25) is 0 Å². The highest BCUT2D eigenvalue weighted by molar-refractivity contribution is 5.69. The number of hydrogen-bond donors (Lipinski definition) is 0. The zero-order chi connectivity index (χ0) is 19.3. The average molecular weight is 367 g/mol. The molecule has 0 aliphatic rings. The first kappa shape index (κ1) is 24.4. The Morgan fingerprint density at radius 3 is 1.27 bits per heavy atom. The van der Waals surface area contributed by atoms with Gasteiger partial charge in [0.05, 0.1) is 14.2 Å². The Morgan fingerprint density at radius 1 is 0.538 bits per heavy atom. The van der Waals surface area contributed by atoms with E-state index in [4.69, 9.17) is 0 Å². The summed E-state index contributed by atoms with van der Waals surface area (Å²) >= 11 is 0. The SMILES string of the molecule is COC(=O)CCCCCCC=CCCC=CCCCCCCC(=O)OC. The van der Waals surface area contributed by atoms with Crippen LogP contribution in [0.3, 0.4) is 0 Å². The summed E-state index contributed by atoms with van der Waals surface area (Å²) in [5, 5.41) is 0. The molecule has 26 heavy (non-hydrogen) atoms. The second kappa shape index (κ2) is 19.7. The van der Waals surface area contributed by atoms with Crippen molar-refractivity contribution in [2.75, 3.05) is 14.2 Å². The van der Waals surface area contributed by atoms with Gasteiger partial charge in [-0.2, -0.15) is 0 Å². The molecule has 0 fully saturated rings. The van der Waals surface area contributed by atoms with Crippen LogP contribution in [-0.4, -0.2) is 26.2 Å². The van der Waals surface area contributed by atoms with Crippen LogP contribution in [0.25, 0.3) is 0 Å². The number of methoxy groups -OCH3 is 2. The molecule has 0 aliphatic heterocycles. The Balaban J connectivity index is 3.25. The van der Waals surface area contributed by atoms with Crippen LogP contribution in [0.2, 0.25) is 0 Å². The van der Waals surface area contributed by atoms with Gasteiger partial charge < -0.3 is 9.47 Å². The third-order valence-electron chi connectivity index (χ3n) is 4.29. The van der Waals surface area contributed by atoms with Gasteiger partial charge in [0.15, 0.2) is 0 Å². The van der Waals surface area contributed by atoms with Crippen LogP contribution in [0.5, 0.6) is 0 Å². The molecule has 0 radical (unpaired) electrons. The fraction of sp³-hybridized carbons (Fsp3) is 0.727. The molecule has 0 unspecified atom stereocenters. The number of allylic oxidation sites excluding steroid dienone is 4. The van der Waals surface area contributed by atoms with Crippen molar-refractivity contribution in [1.29, 1.82) is 0 Å². The van der Waals surface area contributed by atoms with E-state index in [-0.39, 0.29) is 11.9 Å². The first-order valence-electron chi connectivity index (χ1n) is 10.1. The number of carbonyl (C=O) groups excluding carboxylic acids is 2. The van der Waals surface area contributed by atoms with Gasteiger partial charge in [-0.25, -0.2) is 0 Å². The molecule has 0 rings (SSSR count). The predicted molar refractivity (Wildman–Crippen MR) is 107 cm³/mol. The Labute approximate surface area is 160 Å². The van der Waals surface area contributed by atoms with Crippen LogP contribution in [-0.2, 0) is 19.1 Å². The first-order valence-corrected chi connectivity index (χ1v) is 10.1. The highest BCUT2D eigenvalue weighted by atomic mass is 16.5. The predicted octanol–water partition coefficient (Wildman–Crippen LogP) is 5.91. The summed E-state index contributed by atoms with van der Waals surface area (Å²) in [5.74, 6) is -0.201. The molecule has 0 bridgehead atoms. The maximum atomic E-state index is 11.0. The van der Waals surface area contributed by atoms with Gasteiger partial charge in [-0.05, 0) is 51.4 Å². The monoisotopic (exact) mass is 366 g/mol. The summed E-state index contributed by atoms with van der Waals surface area (Å²) in [4.78, 5) is 21.9. The Kier molecular flexibility index (Phi) is 18.5. The summed E-state index contributed by atoms with van der Waals surface area (Å²) in [6.07, 6.45) is 23.5. The van der Waals surface area contributed by atoms with E-state index in [9.17, 15) is 9.59 Å². The average Bonchev–Trinajstić information content (AvgIpc) is 2.66. The smallest absolute Gasteiger partial charge is 0.305 e. The largest absolute Gasteiger partial charge is 0.469 e. The molecular formula is C22H38O4. The van der Waals surface area contributed by atoms with Crippen LogP contribution in [0.15, 0.2) is 24.3 Å². The lowest BCUT2D eigenvalue weighted by Crippen LogP contribution is -1.98. The molecule has 0 aromatic heterocycles. The minimum Gasteiger partial charge on any atom is -0.469 e. The summed E-state index contributed by atoms with van der Waals surface area (Å²) < 4.78 is 9.24. The van der Waals surface area contributed by atoms with Gasteiger partial charge in [0.25, 0.3) is 0 Å². The van der Waals surface area contributed by atoms with Crippen molar-refractivity contribution in [2.24, 2.45) is 0 Å². The standard InChI is InChI=1S/C22H38O4/c1-25-21(23)19-17-15-13-11-9-7-5-3-4-6-8-10-12-14-16-18-20-22(24)26-2/h5-8H,3-4,9-20H2,1-2H3. The molecule has 0 aromatic rings. The van der Waals surface area contributed by atoms with E-state index < -0.39 is 0 Å². The maximum Gasteiger partial charge on any atom is 0.305 e. The third kappa shape index (κ3) is 18.8. The van der Waals surface area contributed by atoms with E-state index in [0.717, 1.165) is 51.4 Å². The van der Waals surface area contributed by atoms with Crippen LogP contribution in [0.1, 0.15) is 89.9 Å². The number of hydrogen-bond acceptors (Lipinski definition) is 4. The van der Waals surface area contributed by atoms with E-state index in [0.29, 0.717) is 12.8 Å². The topological polar surface area (TPSA) is 52.6 Å². The van der Waals surface area contributed by atoms with Gasteiger partial charge in [-0.1, -0.05) is 50.0 Å². The second-order valence-corrected chi connectivity index (χ2v) is 6.58. The van der Waals surface area contributed by atoms with E-state index >= 15 is 0 Å². The fourth-order valence-corrected chi connectivity index (χ4v) is 2.64. The van der Waals surface area contributed by atoms with Crippen molar-refractivity contribution in [3.05, 3.63) is 24.3 Å². The van der Waals surface area contributed by atoms with Gasteiger partial charge in [-0.15, -0.1) is 0 Å². The zero-order valence-electron chi connectivity index (χ0n) is 16.8. The normalized spacial score (nSPS) is 11.3. The van der Waals surface area contributed by atoms with Crippen LogP contribution in [0, 0.1) is 0 Å². The van der Waals surface area contributed by atoms with Crippen molar-refractivity contribution >= 4 is 11.9 Å². The quantitative estimate of drug-likeness (QED) is 0.182. The lowest BCUT2D eigenvalue weighted by molar-refractivity contribution is -0.141. The van der Waals surface area contributed by atoms with Crippen molar-refractivity contribution in [1.82, 2.24) is 0 Å². The minimum atomic E-state index is -0.100. The van der Waals surface area contributed by atoms with Gasteiger partial charge in [-0.3, -0.25) is 9.59 Å². The molecule has 4 heteroatoms. The molecule has 0 aromatic carbocycles. The fourth-order valence-electron chi connectivity index (χ4n) is 2.64. The Hall–Kier alpha value is -1.58. The van der Waals surface area contributed by atoms with E-state index in [1.165, 1.54) is 39.9 Å². The number of rotatable bonds is 17. The molecule has 0 saturated carbocycles. The van der Waals surface area contributed by atoms with Crippen molar-refractivity contribution in [3.8, 4) is 0 Å². The summed E-state index contributed by atoms with van der Waals surface area (Å²) in [6.45, 7) is 0. The zero-order valence-corrected chi connectivity index (χ0v) is 16.8. The van der Waals surface area contributed by atoms with E-state index in [1.807, 2.05) is 0 Å².